The van der Waals surface area contributed by atoms with Crippen molar-refractivity contribution >= 4 is 0 Å². The molecular weight excluding hydrogens is 204 g/mol. The molecule has 1 saturated heterocycles. The molecular formula is C13H20O3. The zero-order valence-electron chi connectivity index (χ0n) is 9.82. The van der Waals surface area contributed by atoms with Crippen molar-refractivity contribution in [3.8, 4) is 0 Å². The summed E-state index contributed by atoms with van der Waals surface area (Å²) in [6.45, 7) is 2.92. The summed E-state index contributed by atoms with van der Waals surface area (Å²) in [6.07, 6.45) is 4.66. The smallest absolute Gasteiger partial charge is 0.132 e. The van der Waals surface area contributed by atoms with Crippen molar-refractivity contribution in [1.29, 1.82) is 0 Å². The molecule has 2 rings (SSSR count). The summed E-state index contributed by atoms with van der Waals surface area (Å²) in [4.78, 5) is 0. The summed E-state index contributed by atoms with van der Waals surface area (Å²) in [6, 6.07) is 3.81. The van der Waals surface area contributed by atoms with Crippen molar-refractivity contribution in [2.75, 3.05) is 6.61 Å². The van der Waals surface area contributed by atoms with Crippen LogP contribution in [0.5, 0.6) is 0 Å². The van der Waals surface area contributed by atoms with Crippen LogP contribution in [0.4, 0.5) is 0 Å². The maximum atomic E-state index is 9.94. The molecule has 1 aliphatic heterocycles. The molecule has 90 valence electrons. The van der Waals surface area contributed by atoms with Crippen LogP contribution in [0, 0.1) is 0 Å². The highest BCUT2D eigenvalue weighted by molar-refractivity contribution is 5.09. The van der Waals surface area contributed by atoms with Gasteiger partial charge in [0.1, 0.15) is 17.6 Å². The third-order valence-corrected chi connectivity index (χ3v) is 3.15. The van der Waals surface area contributed by atoms with Gasteiger partial charge in [-0.3, -0.25) is 0 Å². The highest BCUT2D eigenvalue weighted by atomic mass is 16.5. The van der Waals surface area contributed by atoms with E-state index in [-0.39, 0.29) is 0 Å². The summed E-state index contributed by atoms with van der Waals surface area (Å²) in [5, 5.41) is 9.94. The molecule has 0 aliphatic carbocycles. The maximum absolute atomic E-state index is 9.94. The number of aliphatic hydroxyl groups excluding tert-OH is 1. The third kappa shape index (κ3) is 2.86. The van der Waals surface area contributed by atoms with Crippen LogP contribution < -0.4 is 0 Å². The number of furan rings is 1. The second-order valence-electron chi connectivity index (χ2n) is 4.39. The summed E-state index contributed by atoms with van der Waals surface area (Å²) in [7, 11) is 0. The van der Waals surface area contributed by atoms with E-state index in [1.165, 1.54) is 0 Å². The van der Waals surface area contributed by atoms with E-state index in [0.29, 0.717) is 11.9 Å². The fourth-order valence-corrected chi connectivity index (χ4v) is 2.12. The first kappa shape index (κ1) is 11.7. The van der Waals surface area contributed by atoms with Gasteiger partial charge >= 0.3 is 0 Å². The predicted molar refractivity (Wildman–Crippen MR) is 61.3 cm³/mol. The van der Waals surface area contributed by atoms with E-state index in [0.717, 1.165) is 44.5 Å². The van der Waals surface area contributed by atoms with Crippen molar-refractivity contribution in [3.63, 3.8) is 0 Å². The Morgan fingerprint density at radius 2 is 2.38 bits per heavy atom. The van der Waals surface area contributed by atoms with Crippen LogP contribution in [0.3, 0.4) is 0 Å². The van der Waals surface area contributed by atoms with Crippen molar-refractivity contribution in [1.82, 2.24) is 0 Å². The molecule has 0 bridgehead atoms. The minimum absolute atomic E-state index is 0.343. The number of rotatable bonds is 5. The molecule has 2 heterocycles. The summed E-state index contributed by atoms with van der Waals surface area (Å²) in [5.74, 6) is 1.63. The van der Waals surface area contributed by atoms with Gasteiger partial charge < -0.3 is 14.3 Å². The van der Waals surface area contributed by atoms with Gasteiger partial charge in [0.15, 0.2) is 0 Å². The van der Waals surface area contributed by atoms with Crippen LogP contribution in [0.25, 0.3) is 0 Å². The van der Waals surface area contributed by atoms with Gasteiger partial charge in [-0.1, -0.05) is 6.92 Å². The van der Waals surface area contributed by atoms with Gasteiger partial charge in [0.25, 0.3) is 0 Å². The van der Waals surface area contributed by atoms with Crippen molar-refractivity contribution in [2.24, 2.45) is 0 Å². The number of aryl methyl sites for hydroxylation is 1. The number of hydrogen-bond donors (Lipinski definition) is 1. The maximum Gasteiger partial charge on any atom is 0.132 e. The third-order valence-electron chi connectivity index (χ3n) is 3.15. The highest BCUT2D eigenvalue weighted by Crippen LogP contribution is 2.25. The molecule has 0 saturated carbocycles. The Labute approximate surface area is 96.4 Å². The Balaban J connectivity index is 1.80. The number of ether oxygens (including phenoxy) is 1. The lowest BCUT2D eigenvalue weighted by molar-refractivity contribution is 0.0745. The molecule has 1 N–H and O–H groups in total. The van der Waals surface area contributed by atoms with Crippen LogP contribution in [-0.2, 0) is 11.2 Å². The van der Waals surface area contributed by atoms with Gasteiger partial charge in [-0.25, -0.2) is 0 Å². The molecule has 0 spiro atoms. The first-order valence-corrected chi connectivity index (χ1v) is 6.18. The monoisotopic (exact) mass is 224 g/mol. The Hall–Kier alpha value is -0.800. The minimum atomic E-state index is -0.482. The molecule has 1 aromatic rings. The van der Waals surface area contributed by atoms with Crippen LogP contribution in [0.2, 0.25) is 0 Å². The Kier molecular flexibility index (Phi) is 4.02. The lowest BCUT2D eigenvalue weighted by Crippen LogP contribution is -2.07. The Bertz CT molecular complexity index is 313. The SMILES string of the molecule is CCc1ccc(C(O)CCC2CCCO2)o1. The molecule has 1 fully saturated rings. The Morgan fingerprint density at radius 1 is 1.50 bits per heavy atom. The topological polar surface area (TPSA) is 42.6 Å². The second kappa shape index (κ2) is 5.51. The summed E-state index contributed by atoms with van der Waals surface area (Å²) < 4.78 is 11.0. The van der Waals surface area contributed by atoms with Gasteiger partial charge in [-0.15, -0.1) is 0 Å². The normalized spacial score (nSPS) is 22.5. The molecule has 1 aliphatic rings. The lowest BCUT2D eigenvalue weighted by atomic mass is 10.1. The molecule has 2 atom stereocenters. The molecule has 0 radical (unpaired) electrons. The molecule has 1 aromatic heterocycles. The summed E-state index contributed by atoms with van der Waals surface area (Å²) >= 11 is 0. The van der Waals surface area contributed by atoms with Crippen molar-refractivity contribution in [3.05, 3.63) is 23.7 Å². The van der Waals surface area contributed by atoms with Gasteiger partial charge in [-0.05, 0) is 37.8 Å². The lowest BCUT2D eigenvalue weighted by Gasteiger charge is -2.11. The minimum Gasteiger partial charge on any atom is -0.463 e. The largest absolute Gasteiger partial charge is 0.463 e. The van der Waals surface area contributed by atoms with Gasteiger partial charge in [-0.2, -0.15) is 0 Å². The van der Waals surface area contributed by atoms with E-state index >= 15 is 0 Å². The van der Waals surface area contributed by atoms with Crippen LogP contribution >= 0.6 is 0 Å². The van der Waals surface area contributed by atoms with Gasteiger partial charge in [0.05, 0.1) is 6.10 Å². The fraction of sp³-hybridized carbons (Fsp3) is 0.692. The van der Waals surface area contributed by atoms with Crippen LogP contribution in [0.15, 0.2) is 16.5 Å². The second-order valence-corrected chi connectivity index (χ2v) is 4.39. The van der Waals surface area contributed by atoms with E-state index in [4.69, 9.17) is 9.15 Å². The zero-order valence-corrected chi connectivity index (χ0v) is 9.82. The Morgan fingerprint density at radius 3 is 3.00 bits per heavy atom. The molecule has 3 nitrogen and oxygen atoms in total. The number of hydrogen-bond acceptors (Lipinski definition) is 3. The van der Waals surface area contributed by atoms with Crippen LogP contribution in [0.1, 0.15) is 50.2 Å². The fourth-order valence-electron chi connectivity index (χ4n) is 2.12. The average molecular weight is 224 g/mol. The van der Waals surface area contributed by atoms with E-state index < -0.39 is 6.10 Å². The van der Waals surface area contributed by atoms with E-state index in [1.807, 2.05) is 19.1 Å². The van der Waals surface area contributed by atoms with Gasteiger partial charge in [0.2, 0.25) is 0 Å². The van der Waals surface area contributed by atoms with E-state index in [2.05, 4.69) is 0 Å². The van der Waals surface area contributed by atoms with Crippen LogP contribution in [-0.4, -0.2) is 17.8 Å². The predicted octanol–water partition coefficient (Wildman–Crippen LogP) is 2.83. The standard InChI is InChI=1S/C13H20O3/c1-2-10-6-8-13(16-10)12(14)7-5-11-4-3-9-15-11/h6,8,11-12,14H,2-5,7,9H2,1H3. The van der Waals surface area contributed by atoms with Gasteiger partial charge in [0, 0.05) is 13.0 Å². The van der Waals surface area contributed by atoms with Crippen molar-refractivity contribution in [2.45, 2.75) is 51.2 Å². The molecule has 0 amide bonds. The molecule has 3 heteroatoms. The number of aliphatic hydroxyl groups is 1. The first-order valence-electron chi connectivity index (χ1n) is 6.18. The van der Waals surface area contributed by atoms with E-state index in [9.17, 15) is 5.11 Å². The van der Waals surface area contributed by atoms with Crippen molar-refractivity contribution < 1.29 is 14.3 Å². The quantitative estimate of drug-likeness (QED) is 0.836. The average Bonchev–Trinajstić information content (AvgIpc) is 2.96. The molecule has 16 heavy (non-hydrogen) atoms. The van der Waals surface area contributed by atoms with E-state index in [1.54, 1.807) is 0 Å². The zero-order chi connectivity index (χ0) is 11.4. The first-order chi connectivity index (χ1) is 7.79. The molecule has 0 aromatic carbocycles. The highest BCUT2D eigenvalue weighted by Gasteiger charge is 2.19. The summed E-state index contributed by atoms with van der Waals surface area (Å²) in [5.41, 5.74) is 0. The molecule has 2 unspecified atom stereocenters.